The number of aryl methyl sites for hydroxylation is 1. The molecule has 1 saturated carbocycles. The van der Waals surface area contributed by atoms with Crippen molar-refractivity contribution in [1.82, 2.24) is 0 Å². The number of aliphatic hydroxyl groups excluding tert-OH is 1. The van der Waals surface area contributed by atoms with E-state index in [9.17, 15) is 9.90 Å². The van der Waals surface area contributed by atoms with Crippen LogP contribution in [-0.2, 0) is 9.53 Å². The highest BCUT2D eigenvalue weighted by atomic mass is 79.9. The number of ether oxygens (including phenoxy) is 1. The van der Waals surface area contributed by atoms with Gasteiger partial charge in [-0.2, -0.15) is 0 Å². The number of halogens is 1. The number of allylic oxidation sites excluding steroid dienone is 3. The fraction of sp³-hybridized carbons (Fsp3) is 0.625. The highest BCUT2D eigenvalue weighted by molar-refractivity contribution is 9.10. The van der Waals surface area contributed by atoms with Crippen LogP contribution in [0.3, 0.4) is 0 Å². The van der Waals surface area contributed by atoms with E-state index in [0.717, 1.165) is 32.1 Å². The van der Waals surface area contributed by atoms with Crippen molar-refractivity contribution in [2.24, 2.45) is 11.8 Å². The number of hydrogen-bond acceptors (Lipinski definition) is 4. The lowest BCUT2D eigenvalue weighted by atomic mass is 9.90. The monoisotopic (exact) mass is 498 g/mol. The average molecular weight is 500 g/mol. The molecule has 1 aliphatic rings. The van der Waals surface area contributed by atoms with Crippen molar-refractivity contribution in [2.45, 2.75) is 76.9 Å². The van der Waals surface area contributed by atoms with E-state index in [4.69, 9.17) is 9.84 Å². The molecule has 1 aliphatic carbocycles. The highest BCUT2D eigenvalue weighted by Gasteiger charge is 2.32. The van der Waals surface area contributed by atoms with Gasteiger partial charge < -0.3 is 14.9 Å². The second-order valence-electron chi connectivity index (χ2n) is 8.31. The molecular weight excluding hydrogens is 464 g/mol. The predicted molar refractivity (Wildman–Crippen MR) is 127 cm³/mol. The number of aliphatic carboxylic acids is 1. The molecule has 5 atom stereocenters. The average Bonchev–Trinajstić information content (AvgIpc) is 3.23. The third-order valence-corrected chi connectivity index (χ3v) is 8.37. The smallest absolute Gasteiger partial charge is 0.303 e. The molecule has 6 heteroatoms. The van der Waals surface area contributed by atoms with Crippen LogP contribution < -0.4 is 0 Å². The number of thiophene rings is 1. The number of carbonyl (C=O) groups is 1. The van der Waals surface area contributed by atoms with Gasteiger partial charge in [0.25, 0.3) is 0 Å². The second kappa shape index (κ2) is 12.8. The van der Waals surface area contributed by atoms with E-state index in [-0.39, 0.29) is 24.5 Å². The van der Waals surface area contributed by atoms with Crippen molar-refractivity contribution in [3.63, 3.8) is 0 Å². The minimum Gasteiger partial charge on any atom is -0.481 e. The maximum atomic E-state index is 10.6. The molecule has 1 fully saturated rings. The normalized spacial score (nSPS) is 24.1. The summed E-state index contributed by atoms with van der Waals surface area (Å²) in [6, 6.07) is 2.22. The Bertz CT molecular complexity index is 707. The first kappa shape index (κ1) is 25.3. The summed E-state index contributed by atoms with van der Waals surface area (Å²) in [5, 5.41) is 19.1. The Morgan fingerprint density at radius 1 is 1.40 bits per heavy atom. The number of aliphatic hydroxyl groups is 1. The minimum absolute atomic E-state index is 0.0612. The van der Waals surface area contributed by atoms with E-state index in [1.54, 1.807) is 7.11 Å². The van der Waals surface area contributed by atoms with Gasteiger partial charge in [-0.25, -0.2) is 0 Å². The molecular formula is C24H35BrO4S. The van der Waals surface area contributed by atoms with Crippen LogP contribution in [0.15, 0.2) is 34.8 Å². The van der Waals surface area contributed by atoms with Crippen LogP contribution in [0.2, 0.25) is 0 Å². The highest BCUT2D eigenvalue weighted by Crippen LogP contribution is 2.37. The Morgan fingerprint density at radius 2 is 2.17 bits per heavy atom. The first-order valence-electron chi connectivity index (χ1n) is 10.8. The number of carboxylic acid groups (broad SMARTS) is 1. The fourth-order valence-electron chi connectivity index (χ4n) is 4.10. The van der Waals surface area contributed by atoms with Crippen molar-refractivity contribution in [3.05, 3.63) is 44.6 Å². The number of hydrogen-bond donors (Lipinski definition) is 2. The third-order valence-electron chi connectivity index (χ3n) is 6.00. The zero-order valence-electron chi connectivity index (χ0n) is 18.2. The van der Waals surface area contributed by atoms with Crippen molar-refractivity contribution in [3.8, 4) is 0 Å². The number of unbranched alkanes of at least 4 members (excludes halogenated alkanes) is 1. The Kier molecular flexibility index (Phi) is 10.8. The van der Waals surface area contributed by atoms with Crippen LogP contribution in [0.25, 0.3) is 0 Å². The van der Waals surface area contributed by atoms with E-state index in [1.165, 1.54) is 14.2 Å². The summed E-state index contributed by atoms with van der Waals surface area (Å²) in [6.07, 6.45) is 13.6. The van der Waals surface area contributed by atoms with Crippen LogP contribution in [0.5, 0.6) is 0 Å². The van der Waals surface area contributed by atoms with Crippen LogP contribution in [-0.4, -0.2) is 35.5 Å². The minimum atomic E-state index is -0.747. The molecule has 0 bridgehead atoms. The molecule has 2 rings (SSSR count). The topological polar surface area (TPSA) is 66.8 Å². The van der Waals surface area contributed by atoms with Gasteiger partial charge in [-0.1, -0.05) is 31.2 Å². The van der Waals surface area contributed by atoms with Gasteiger partial charge in [0, 0.05) is 27.8 Å². The summed E-state index contributed by atoms with van der Waals surface area (Å²) in [7, 11) is 1.76. The standard InChI is InChI=1S/C24H35BrO4S/c1-16(23-15-21(25)17(2)30-23)14-19(29-3)12-10-18-11-13-22(26)20(18)8-6-4-5-7-9-24(27)28/h4,6,10,12,15-16,18-20,22,26H,5,7-9,11,13-14H2,1-3H3,(H,27,28)/b6-4-,12-10+/t16?,18-,19+,20+,22?/m0/s1. The largest absolute Gasteiger partial charge is 0.481 e. The van der Waals surface area contributed by atoms with Gasteiger partial charge in [0.2, 0.25) is 0 Å². The van der Waals surface area contributed by atoms with E-state index < -0.39 is 5.97 Å². The maximum absolute atomic E-state index is 10.6. The second-order valence-corrected chi connectivity index (χ2v) is 10.5. The summed E-state index contributed by atoms with van der Waals surface area (Å²) < 4.78 is 6.91. The van der Waals surface area contributed by atoms with Crippen LogP contribution in [0, 0.1) is 18.8 Å². The van der Waals surface area contributed by atoms with Gasteiger partial charge in [-0.3, -0.25) is 4.79 Å². The predicted octanol–water partition coefficient (Wildman–Crippen LogP) is 6.47. The van der Waals surface area contributed by atoms with Crippen LogP contribution in [0.1, 0.15) is 67.5 Å². The molecule has 0 aliphatic heterocycles. The molecule has 168 valence electrons. The fourth-order valence-corrected chi connectivity index (χ4v) is 5.72. The summed E-state index contributed by atoms with van der Waals surface area (Å²) >= 11 is 5.44. The summed E-state index contributed by atoms with van der Waals surface area (Å²) in [5.41, 5.74) is 0. The molecule has 0 spiro atoms. The third kappa shape index (κ3) is 7.95. The van der Waals surface area contributed by atoms with Gasteiger partial charge in [0.05, 0.1) is 12.2 Å². The Morgan fingerprint density at radius 3 is 2.80 bits per heavy atom. The molecule has 30 heavy (non-hydrogen) atoms. The lowest BCUT2D eigenvalue weighted by molar-refractivity contribution is -0.137. The van der Waals surface area contributed by atoms with Crippen molar-refractivity contribution >= 4 is 33.2 Å². The summed E-state index contributed by atoms with van der Waals surface area (Å²) in [5.74, 6) is 0.259. The van der Waals surface area contributed by atoms with E-state index in [1.807, 2.05) is 11.3 Å². The van der Waals surface area contributed by atoms with Crippen molar-refractivity contribution < 1.29 is 19.7 Å². The van der Waals surface area contributed by atoms with Crippen LogP contribution >= 0.6 is 27.3 Å². The Balaban J connectivity index is 1.87. The van der Waals surface area contributed by atoms with Gasteiger partial charge >= 0.3 is 5.97 Å². The van der Waals surface area contributed by atoms with Gasteiger partial charge in [0.1, 0.15) is 0 Å². The molecule has 0 amide bonds. The van der Waals surface area contributed by atoms with Crippen molar-refractivity contribution in [2.75, 3.05) is 7.11 Å². The van der Waals surface area contributed by atoms with E-state index in [2.05, 4.69) is 60.1 Å². The first-order chi connectivity index (χ1) is 14.3. The quantitative estimate of drug-likeness (QED) is 0.255. The van der Waals surface area contributed by atoms with Crippen molar-refractivity contribution in [1.29, 1.82) is 0 Å². The lowest BCUT2D eigenvalue weighted by Crippen LogP contribution is -2.18. The zero-order chi connectivity index (χ0) is 22.1. The molecule has 2 N–H and O–H groups in total. The maximum Gasteiger partial charge on any atom is 0.303 e. The Hall–Kier alpha value is -0.950. The number of carboxylic acids is 1. The number of rotatable bonds is 12. The molecule has 1 aromatic rings. The van der Waals surface area contributed by atoms with Gasteiger partial charge in [-0.15, -0.1) is 11.3 Å². The van der Waals surface area contributed by atoms with E-state index >= 15 is 0 Å². The molecule has 0 saturated heterocycles. The molecule has 2 unspecified atom stereocenters. The molecule has 0 aromatic carbocycles. The van der Waals surface area contributed by atoms with Gasteiger partial charge in [-0.05, 0) is 85.2 Å². The molecule has 0 radical (unpaired) electrons. The lowest BCUT2D eigenvalue weighted by Gasteiger charge is -2.20. The first-order valence-corrected chi connectivity index (χ1v) is 12.4. The SMILES string of the molecule is CO[C@H](/C=C/[C@H]1CCC(O)[C@@H]1C/C=C\CCCC(=O)O)CC(C)c1cc(Br)c(C)s1. The molecule has 1 heterocycles. The molecule has 4 nitrogen and oxygen atoms in total. The van der Waals surface area contributed by atoms with Crippen LogP contribution in [0.4, 0.5) is 0 Å². The Labute approximate surface area is 193 Å². The van der Waals surface area contributed by atoms with Gasteiger partial charge in [0.15, 0.2) is 0 Å². The summed E-state index contributed by atoms with van der Waals surface area (Å²) in [4.78, 5) is 13.2. The van der Waals surface area contributed by atoms with E-state index in [0.29, 0.717) is 18.3 Å². The molecule has 1 aromatic heterocycles. The zero-order valence-corrected chi connectivity index (χ0v) is 20.6. The number of methoxy groups -OCH3 is 1. The summed E-state index contributed by atoms with van der Waals surface area (Å²) in [6.45, 7) is 4.37.